The summed E-state index contributed by atoms with van der Waals surface area (Å²) in [6, 6.07) is 4.48. The van der Waals surface area contributed by atoms with E-state index < -0.39 is 0 Å². The minimum atomic E-state index is 0.433. The molecule has 0 bridgehead atoms. The van der Waals surface area contributed by atoms with Gasteiger partial charge in [0.2, 0.25) is 0 Å². The molecular formula is C13H19ClN2O. The van der Waals surface area contributed by atoms with Crippen LogP contribution in [0.2, 0.25) is 0 Å². The van der Waals surface area contributed by atoms with Crippen LogP contribution in [0.4, 0.5) is 0 Å². The third-order valence-corrected chi connectivity index (χ3v) is 3.59. The van der Waals surface area contributed by atoms with E-state index in [2.05, 4.69) is 16.9 Å². The summed E-state index contributed by atoms with van der Waals surface area (Å²) < 4.78 is 5.73. The Morgan fingerprint density at radius 2 is 2.47 bits per heavy atom. The van der Waals surface area contributed by atoms with E-state index in [4.69, 9.17) is 16.3 Å². The maximum absolute atomic E-state index is 5.73. The van der Waals surface area contributed by atoms with E-state index in [1.165, 1.54) is 19.4 Å². The first-order valence-electron chi connectivity index (χ1n) is 6.13. The smallest absolute Gasteiger partial charge is 0.122 e. The topological polar surface area (TPSA) is 25.4 Å². The first kappa shape index (κ1) is 12.7. The fraction of sp³-hybridized carbons (Fsp3) is 0.615. The number of hydrogen-bond donors (Lipinski definition) is 0. The minimum absolute atomic E-state index is 0.433. The molecule has 1 saturated heterocycles. The zero-order valence-corrected chi connectivity index (χ0v) is 11.0. The van der Waals surface area contributed by atoms with Crippen LogP contribution in [0.25, 0.3) is 0 Å². The Bertz CT molecular complexity index is 359. The van der Waals surface area contributed by atoms with Crippen molar-refractivity contribution < 1.29 is 4.74 Å². The lowest BCUT2D eigenvalue weighted by atomic mass is 10.1. The Morgan fingerprint density at radius 1 is 1.59 bits per heavy atom. The largest absolute Gasteiger partial charge is 0.493 e. The summed E-state index contributed by atoms with van der Waals surface area (Å²) in [5.41, 5.74) is 0.863. The molecule has 3 nitrogen and oxygen atoms in total. The fourth-order valence-electron chi connectivity index (χ4n) is 2.28. The second-order valence-electron chi connectivity index (χ2n) is 4.53. The van der Waals surface area contributed by atoms with Crippen molar-refractivity contribution in [2.45, 2.75) is 31.2 Å². The van der Waals surface area contributed by atoms with Gasteiger partial charge in [-0.05, 0) is 38.9 Å². The lowest BCUT2D eigenvalue weighted by molar-refractivity contribution is 0.233. The zero-order valence-electron chi connectivity index (χ0n) is 10.2. The molecule has 0 N–H and O–H groups in total. The average Bonchev–Trinajstić information content (AvgIpc) is 2.76. The quantitative estimate of drug-likeness (QED) is 0.756. The Hall–Kier alpha value is -0.800. The minimum Gasteiger partial charge on any atom is -0.493 e. The van der Waals surface area contributed by atoms with Gasteiger partial charge in [-0.25, -0.2) is 0 Å². The first-order chi connectivity index (χ1) is 8.29. The third kappa shape index (κ3) is 3.58. The van der Waals surface area contributed by atoms with E-state index in [0.717, 1.165) is 24.5 Å². The van der Waals surface area contributed by atoms with Crippen molar-refractivity contribution in [3.63, 3.8) is 0 Å². The van der Waals surface area contributed by atoms with Crippen molar-refractivity contribution >= 4 is 11.6 Å². The van der Waals surface area contributed by atoms with Gasteiger partial charge in [-0.1, -0.05) is 0 Å². The van der Waals surface area contributed by atoms with Crippen molar-refractivity contribution in [3.05, 3.63) is 24.0 Å². The molecule has 1 aliphatic heterocycles. The normalized spacial score (nSPS) is 20.7. The number of ether oxygens (including phenoxy) is 1. The van der Waals surface area contributed by atoms with Crippen LogP contribution in [-0.4, -0.2) is 36.1 Å². The predicted molar refractivity (Wildman–Crippen MR) is 69.6 cm³/mol. The van der Waals surface area contributed by atoms with E-state index >= 15 is 0 Å². The number of likely N-dealkylation sites (tertiary alicyclic amines) is 1. The first-order valence-corrected chi connectivity index (χ1v) is 6.67. The van der Waals surface area contributed by atoms with E-state index in [1.807, 2.05) is 12.1 Å². The van der Waals surface area contributed by atoms with Crippen molar-refractivity contribution in [1.29, 1.82) is 0 Å². The van der Waals surface area contributed by atoms with Crippen molar-refractivity contribution in [3.8, 4) is 5.75 Å². The van der Waals surface area contributed by atoms with Gasteiger partial charge in [0, 0.05) is 18.3 Å². The van der Waals surface area contributed by atoms with Crippen LogP contribution < -0.4 is 4.74 Å². The van der Waals surface area contributed by atoms with Crippen molar-refractivity contribution in [2.24, 2.45) is 0 Å². The highest BCUT2D eigenvalue weighted by atomic mass is 35.5. The highest BCUT2D eigenvalue weighted by molar-refractivity contribution is 6.16. The van der Waals surface area contributed by atoms with Gasteiger partial charge in [0.15, 0.2) is 0 Å². The van der Waals surface area contributed by atoms with Gasteiger partial charge >= 0.3 is 0 Å². The Labute approximate surface area is 108 Å². The molecule has 4 heteroatoms. The standard InChI is InChI=1S/C13H19ClN2O/c1-16-7-2-3-12(16)5-8-17-13-4-6-15-11(9-13)10-14/h4,6,9,12H,2-3,5,7-8,10H2,1H3. The van der Waals surface area contributed by atoms with Crippen LogP contribution in [0.1, 0.15) is 25.0 Å². The molecule has 0 amide bonds. The average molecular weight is 255 g/mol. The molecule has 0 saturated carbocycles. The molecule has 1 unspecified atom stereocenters. The molecule has 2 heterocycles. The number of hydrogen-bond acceptors (Lipinski definition) is 3. The zero-order chi connectivity index (χ0) is 12.1. The van der Waals surface area contributed by atoms with Gasteiger partial charge in [-0.3, -0.25) is 4.98 Å². The molecule has 0 aromatic carbocycles. The molecule has 0 radical (unpaired) electrons. The molecule has 1 aromatic heterocycles. The summed E-state index contributed by atoms with van der Waals surface area (Å²) in [4.78, 5) is 6.55. The second-order valence-corrected chi connectivity index (χ2v) is 4.80. The van der Waals surface area contributed by atoms with E-state index in [9.17, 15) is 0 Å². The monoisotopic (exact) mass is 254 g/mol. The van der Waals surface area contributed by atoms with Gasteiger partial charge in [0.05, 0.1) is 18.2 Å². The van der Waals surface area contributed by atoms with Gasteiger partial charge in [-0.2, -0.15) is 0 Å². The summed E-state index contributed by atoms with van der Waals surface area (Å²) in [5, 5.41) is 0. The molecule has 1 aromatic rings. The van der Waals surface area contributed by atoms with Crippen LogP contribution in [0.5, 0.6) is 5.75 Å². The van der Waals surface area contributed by atoms with Gasteiger partial charge < -0.3 is 9.64 Å². The third-order valence-electron chi connectivity index (χ3n) is 3.32. The maximum atomic E-state index is 5.73. The van der Waals surface area contributed by atoms with Crippen LogP contribution in [0.15, 0.2) is 18.3 Å². The lowest BCUT2D eigenvalue weighted by Crippen LogP contribution is -2.26. The Balaban J connectivity index is 1.77. The summed E-state index contributed by atoms with van der Waals surface area (Å²) in [7, 11) is 2.19. The molecular weight excluding hydrogens is 236 g/mol. The number of pyridine rings is 1. The molecule has 1 fully saturated rings. The SMILES string of the molecule is CN1CCCC1CCOc1ccnc(CCl)c1. The second kappa shape index (κ2) is 6.22. The van der Waals surface area contributed by atoms with Gasteiger partial charge in [0.1, 0.15) is 5.75 Å². The van der Waals surface area contributed by atoms with Crippen molar-refractivity contribution in [2.75, 3.05) is 20.2 Å². The highest BCUT2D eigenvalue weighted by Crippen LogP contribution is 2.19. The Morgan fingerprint density at radius 3 is 3.18 bits per heavy atom. The number of halogens is 1. The van der Waals surface area contributed by atoms with Crippen LogP contribution in [-0.2, 0) is 5.88 Å². The molecule has 0 aliphatic carbocycles. The summed E-state index contributed by atoms with van der Waals surface area (Å²) in [5.74, 6) is 1.30. The number of rotatable bonds is 5. The fourth-order valence-corrected chi connectivity index (χ4v) is 2.42. The molecule has 1 atom stereocenters. The Kier molecular flexibility index (Phi) is 4.63. The molecule has 1 aliphatic rings. The van der Waals surface area contributed by atoms with E-state index in [0.29, 0.717) is 11.9 Å². The van der Waals surface area contributed by atoms with Crippen LogP contribution in [0.3, 0.4) is 0 Å². The molecule has 17 heavy (non-hydrogen) atoms. The predicted octanol–water partition coefficient (Wildman–Crippen LogP) is 2.68. The highest BCUT2D eigenvalue weighted by Gasteiger charge is 2.20. The van der Waals surface area contributed by atoms with E-state index in [1.54, 1.807) is 6.20 Å². The maximum Gasteiger partial charge on any atom is 0.122 e. The molecule has 94 valence electrons. The van der Waals surface area contributed by atoms with Gasteiger partial charge in [-0.15, -0.1) is 11.6 Å². The lowest BCUT2D eigenvalue weighted by Gasteiger charge is -2.19. The van der Waals surface area contributed by atoms with Crippen molar-refractivity contribution in [1.82, 2.24) is 9.88 Å². The summed E-state index contributed by atoms with van der Waals surface area (Å²) in [6.07, 6.45) is 5.44. The number of aromatic nitrogens is 1. The number of alkyl halides is 1. The molecule has 2 rings (SSSR count). The van der Waals surface area contributed by atoms with Crippen LogP contribution >= 0.6 is 11.6 Å². The van der Waals surface area contributed by atoms with Crippen LogP contribution in [0, 0.1) is 0 Å². The summed E-state index contributed by atoms with van der Waals surface area (Å²) in [6.45, 7) is 1.98. The number of nitrogens with zero attached hydrogens (tertiary/aromatic N) is 2. The molecule has 0 spiro atoms. The van der Waals surface area contributed by atoms with E-state index in [-0.39, 0.29) is 0 Å². The van der Waals surface area contributed by atoms with Gasteiger partial charge in [0.25, 0.3) is 0 Å². The summed E-state index contributed by atoms with van der Waals surface area (Å²) >= 11 is 5.73.